The van der Waals surface area contributed by atoms with Gasteiger partial charge in [0.1, 0.15) is 0 Å². The van der Waals surface area contributed by atoms with E-state index in [4.69, 9.17) is 16.3 Å². The summed E-state index contributed by atoms with van der Waals surface area (Å²) in [5.74, 6) is 0.794. The number of halogens is 1. The summed E-state index contributed by atoms with van der Waals surface area (Å²) in [6, 6.07) is 8.57. The van der Waals surface area contributed by atoms with Crippen LogP contribution in [0.2, 0.25) is 0 Å². The molecule has 174 valence electrons. The van der Waals surface area contributed by atoms with Gasteiger partial charge < -0.3 is 9.84 Å². The minimum absolute atomic E-state index is 0.0404. The Morgan fingerprint density at radius 1 is 1.16 bits per heavy atom. The average Bonchev–Trinajstić information content (AvgIpc) is 3.10. The second kappa shape index (κ2) is 14.0. The Hall–Kier alpha value is -1.32. The Balaban J connectivity index is 1.82. The zero-order valence-electron chi connectivity index (χ0n) is 19.6. The molecule has 2 rings (SSSR count). The van der Waals surface area contributed by atoms with Crippen molar-refractivity contribution >= 4 is 17.6 Å². The van der Waals surface area contributed by atoms with Crippen LogP contribution in [0.25, 0.3) is 0 Å². The third-order valence-corrected chi connectivity index (χ3v) is 6.80. The molecule has 0 aromatic heterocycles. The molecular formula is C27H41ClO3. The predicted octanol–water partition coefficient (Wildman–Crippen LogP) is 7.47. The van der Waals surface area contributed by atoms with Crippen molar-refractivity contribution in [3.8, 4) is 0 Å². The van der Waals surface area contributed by atoms with Crippen LogP contribution in [-0.4, -0.2) is 22.6 Å². The zero-order chi connectivity index (χ0) is 22.6. The first kappa shape index (κ1) is 25.9. The number of ether oxygens (including phenoxy) is 1. The van der Waals surface area contributed by atoms with Crippen LogP contribution >= 0.6 is 11.6 Å². The van der Waals surface area contributed by atoms with E-state index in [1.54, 1.807) is 0 Å². The average molecular weight is 449 g/mol. The summed E-state index contributed by atoms with van der Waals surface area (Å²) in [7, 11) is 0. The molecule has 31 heavy (non-hydrogen) atoms. The number of rotatable bonds is 13. The zero-order valence-corrected chi connectivity index (χ0v) is 20.3. The van der Waals surface area contributed by atoms with Crippen molar-refractivity contribution in [3.63, 3.8) is 0 Å². The van der Waals surface area contributed by atoms with Gasteiger partial charge in [0, 0.05) is 11.8 Å². The van der Waals surface area contributed by atoms with E-state index in [-0.39, 0.29) is 23.6 Å². The minimum Gasteiger partial charge on any atom is -0.463 e. The molecule has 1 aliphatic carbocycles. The molecule has 1 aromatic rings. The number of carbonyl (C=O) groups excluding carboxylic acids is 1. The van der Waals surface area contributed by atoms with E-state index in [9.17, 15) is 9.90 Å². The molecule has 0 spiro atoms. The fourth-order valence-corrected chi connectivity index (χ4v) is 4.93. The van der Waals surface area contributed by atoms with Crippen molar-refractivity contribution < 1.29 is 14.6 Å². The van der Waals surface area contributed by atoms with Crippen LogP contribution in [-0.2, 0) is 9.53 Å². The SMILES string of the molecule is CCCCCC(O)c1ccc(C2CCC(Cl)C2CC=CCCCC(=O)OC(C)C)cc1. The lowest BCUT2D eigenvalue weighted by Crippen LogP contribution is -2.13. The smallest absolute Gasteiger partial charge is 0.306 e. The first-order chi connectivity index (χ1) is 14.9. The minimum atomic E-state index is -0.360. The van der Waals surface area contributed by atoms with Gasteiger partial charge in [0.2, 0.25) is 0 Å². The number of esters is 1. The molecule has 0 heterocycles. The molecule has 1 aromatic carbocycles. The molecule has 0 amide bonds. The normalized spacial score (nSPS) is 22.3. The van der Waals surface area contributed by atoms with Gasteiger partial charge in [-0.25, -0.2) is 0 Å². The topological polar surface area (TPSA) is 46.5 Å². The van der Waals surface area contributed by atoms with E-state index in [0.717, 1.165) is 50.5 Å². The van der Waals surface area contributed by atoms with Gasteiger partial charge in [-0.1, -0.05) is 62.6 Å². The van der Waals surface area contributed by atoms with E-state index in [0.29, 0.717) is 18.3 Å². The van der Waals surface area contributed by atoms with Crippen molar-refractivity contribution in [3.05, 3.63) is 47.5 Å². The third-order valence-electron chi connectivity index (χ3n) is 6.26. The summed E-state index contributed by atoms with van der Waals surface area (Å²) in [5, 5.41) is 10.6. The highest BCUT2D eigenvalue weighted by Gasteiger charge is 2.34. The third kappa shape index (κ3) is 8.98. The van der Waals surface area contributed by atoms with Gasteiger partial charge in [-0.15, -0.1) is 11.6 Å². The van der Waals surface area contributed by atoms with Gasteiger partial charge in [0.25, 0.3) is 0 Å². The van der Waals surface area contributed by atoms with Crippen LogP contribution in [0, 0.1) is 5.92 Å². The molecule has 1 saturated carbocycles. The van der Waals surface area contributed by atoms with Gasteiger partial charge in [-0.05, 0) is 75.3 Å². The Bertz CT molecular complexity index is 668. The van der Waals surface area contributed by atoms with E-state index < -0.39 is 0 Å². The molecule has 4 atom stereocenters. The molecule has 0 saturated heterocycles. The van der Waals surface area contributed by atoms with Crippen molar-refractivity contribution in [2.45, 2.75) is 108 Å². The lowest BCUT2D eigenvalue weighted by molar-refractivity contribution is -0.147. The van der Waals surface area contributed by atoms with Crippen LogP contribution in [0.3, 0.4) is 0 Å². The Labute approximate surface area is 194 Å². The highest BCUT2D eigenvalue weighted by molar-refractivity contribution is 6.21. The number of benzene rings is 1. The van der Waals surface area contributed by atoms with Crippen LogP contribution in [0.4, 0.5) is 0 Å². The van der Waals surface area contributed by atoms with Gasteiger partial charge in [0.15, 0.2) is 0 Å². The van der Waals surface area contributed by atoms with Crippen molar-refractivity contribution in [1.29, 1.82) is 0 Å². The number of aliphatic hydroxyl groups excluding tert-OH is 1. The molecule has 4 heteroatoms. The Kier molecular flexibility index (Phi) is 11.7. The van der Waals surface area contributed by atoms with Crippen LogP contribution in [0.1, 0.15) is 108 Å². The molecule has 1 aliphatic rings. The number of aliphatic hydroxyl groups is 1. The van der Waals surface area contributed by atoms with E-state index in [2.05, 4.69) is 43.3 Å². The van der Waals surface area contributed by atoms with Crippen molar-refractivity contribution in [2.24, 2.45) is 5.92 Å². The summed E-state index contributed by atoms with van der Waals surface area (Å²) in [5.41, 5.74) is 2.36. The second-order valence-corrected chi connectivity index (χ2v) is 9.74. The monoisotopic (exact) mass is 448 g/mol. The second-order valence-electron chi connectivity index (χ2n) is 9.18. The number of hydrogen-bond acceptors (Lipinski definition) is 3. The fourth-order valence-electron chi connectivity index (χ4n) is 4.52. The summed E-state index contributed by atoms with van der Waals surface area (Å²) in [4.78, 5) is 11.6. The van der Waals surface area contributed by atoms with Crippen molar-refractivity contribution in [2.75, 3.05) is 0 Å². The lowest BCUT2D eigenvalue weighted by Gasteiger charge is -2.21. The molecule has 4 unspecified atom stereocenters. The summed E-state index contributed by atoms with van der Waals surface area (Å²) in [6.45, 7) is 5.94. The predicted molar refractivity (Wildman–Crippen MR) is 129 cm³/mol. The number of alkyl halides is 1. The number of hydrogen-bond donors (Lipinski definition) is 1. The summed E-state index contributed by atoms with van der Waals surface area (Å²) in [6.07, 6.45) is 13.6. The fraction of sp³-hybridized carbons (Fsp3) is 0.667. The molecule has 3 nitrogen and oxygen atoms in total. The van der Waals surface area contributed by atoms with E-state index >= 15 is 0 Å². The maximum absolute atomic E-state index is 11.6. The largest absolute Gasteiger partial charge is 0.463 e. The maximum atomic E-state index is 11.6. The standard InChI is InChI=1S/C27H41ClO3/c1-4-5-8-12-26(29)22-16-14-21(15-17-22)23-18-19-25(28)24(23)11-9-6-7-10-13-27(30)31-20(2)3/h6,9,14-17,20,23-26,29H,4-5,7-8,10-13,18-19H2,1-3H3. The van der Waals surface area contributed by atoms with Crippen LogP contribution in [0.5, 0.6) is 0 Å². The molecule has 1 fully saturated rings. The molecule has 0 bridgehead atoms. The molecule has 1 N–H and O–H groups in total. The molecule has 0 radical (unpaired) electrons. The lowest BCUT2D eigenvalue weighted by atomic mass is 9.85. The number of unbranched alkanes of at least 4 members (excludes halogenated alkanes) is 3. The van der Waals surface area contributed by atoms with Crippen LogP contribution < -0.4 is 0 Å². The van der Waals surface area contributed by atoms with Gasteiger partial charge in [-0.2, -0.15) is 0 Å². The summed E-state index contributed by atoms with van der Waals surface area (Å²) < 4.78 is 5.17. The Morgan fingerprint density at radius 3 is 2.58 bits per heavy atom. The van der Waals surface area contributed by atoms with E-state index in [1.165, 1.54) is 18.4 Å². The van der Waals surface area contributed by atoms with Crippen LogP contribution in [0.15, 0.2) is 36.4 Å². The first-order valence-electron chi connectivity index (χ1n) is 12.2. The quantitative estimate of drug-likeness (QED) is 0.147. The highest BCUT2D eigenvalue weighted by atomic mass is 35.5. The summed E-state index contributed by atoms with van der Waals surface area (Å²) >= 11 is 6.67. The van der Waals surface area contributed by atoms with Crippen molar-refractivity contribution in [1.82, 2.24) is 0 Å². The Morgan fingerprint density at radius 2 is 1.90 bits per heavy atom. The van der Waals surface area contributed by atoms with Gasteiger partial charge in [0.05, 0.1) is 12.2 Å². The van der Waals surface area contributed by atoms with E-state index in [1.807, 2.05) is 13.8 Å². The maximum Gasteiger partial charge on any atom is 0.306 e. The first-order valence-corrected chi connectivity index (χ1v) is 12.6. The van der Waals surface area contributed by atoms with Gasteiger partial charge >= 0.3 is 5.97 Å². The van der Waals surface area contributed by atoms with Gasteiger partial charge in [-0.3, -0.25) is 4.79 Å². The molecular weight excluding hydrogens is 408 g/mol. The number of carbonyl (C=O) groups is 1. The number of allylic oxidation sites excluding steroid dienone is 2. The molecule has 0 aliphatic heterocycles. The highest BCUT2D eigenvalue weighted by Crippen LogP contribution is 2.44.